The molecule has 2 N–H and O–H groups in total. The number of hydrogen-bond donors (Lipinski definition) is 2. The van der Waals surface area contributed by atoms with Gasteiger partial charge in [0.2, 0.25) is 5.91 Å². The molecule has 0 aliphatic heterocycles. The van der Waals surface area contributed by atoms with Crippen molar-refractivity contribution in [3.05, 3.63) is 60.7 Å². The van der Waals surface area contributed by atoms with E-state index in [0.717, 1.165) is 5.52 Å². The highest BCUT2D eigenvalue weighted by Crippen LogP contribution is 2.15. The van der Waals surface area contributed by atoms with Crippen molar-refractivity contribution in [1.82, 2.24) is 15.2 Å². The summed E-state index contributed by atoms with van der Waals surface area (Å²) < 4.78 is 7.05. The number of nitrogens with zero attached hydrogens (tertiary/aromatic N) is 1. The lowest BCUT2D eigenvalue weighted by atomic mass is 10.2. The molecule has 0 saturated heterocycles. The molecule has 0 atom stereocenters. The number of carbonyl (C=O) groups is 2. The SMILES string of the molecule is O=C(CCn1ccc2ccccc21)NCCNC(=O)c1ccco1. The Morgan fingerprint density at radius 1 is 1.00 bits per heavy atom. The number of hydrogen-bond acceptors (Lipinski definition) is 3. The molecule has 0 saturated carbocycles. The number of para-hydroxylation sites is 1. The first-order valence-corrected chi connectivity index (χ1v) is 7.86. The second-order valence-corrected chi connectivity index (χ2v) is 5.40. The minimum absolute atomic E-state index is 0.0416. The number of aryl methyl sites for hydroxylation is 1. The summed E-state index contributed by atoms with van der Waals surface area (Å²) >= 11 is 0. The highest BCUT2D eigenvalue weighted by Gasteiger charge is 2.08. The first-order chi connectivity index (χ1) is 11.7. The second-order valence-electron chi connectivity index (χ2n) is 5.40. The van der Waals surface area contributed by atoms with Gasteiger partial charge in [0.25, 0.3) is 5.91 Å². The second kappa shape index (κ2) is 7.50. The van der Waals surface area contributed by atoms with E-state index in [1.165, 1.54) is 11.6 Å². The Labute approximate surface area is 139 Å². The van der Waals surface area contributed by atoms with E-state index in [0.29, 0.717) is 26.1 Å². The fourth-order valence-electron chi connectivity index (χ4n) is 2.52. The average molecular weight is 325 g/mol. The smallest absolute Gasteiger partial charge is 0.287 e. The van der Waals surface area contributed by atoms with Crippen LogP contribution in [0.15, 0.2) is 59.3 Å². The summed E-state index contributed by atoms with van der Waals surface area (Å²) in [5, 5.41) is 6.64. The Bertz CT molecular complexity index is 821. The van der Waals surface area contributed by atoms with Gasteiger partial charge in [-0.3, -0.25) is 9.59 Å². The minimum atomic E-state index is -0.284. The van der Waals surface area contributed by atoms with E-state index in [2.05, 4.69) is 15.2 Å². The number of fused-ring (bicyclic) bond motifs is 1. The maximum absolute atomic E-state index is 11.9. The summed E-state index contributed by atoms with van der Waals surface area (Å²) in [5.74, 6) is -0.0612. The molecule has 2 aromatic heterocycles. The van der Waals surface area contributed by atoms with Crippen molar-refractivity contribution in [3.63, 3.8) is 0 Å². The van der Waals surface area contributed by atoms with Gasteiger partial charge in [-0.25, -0.2) is 0 Å². The summed E-state index contributed by atoms with van der Waals surface area (Å²) in [6.45, 7) is 1.37. The maximum atomic E-state index is 11.9. The van der Waals surface area contributed by atoms with E-state index in [1.54, 1.807) is 12.1 Å². The topological polar surface area (TPSA) is 76.3 Å². The lowest BCUT2D eigenvalue weighted by molar-refractivity contribution is -0.121. The van der Waals surface area contributed by atoms with Gasteiger partial charge in [-0.15, -0.1) is 0 Å². The minimum Gasteiger partial charge on any atom is -0.459 e. The van der Waals surface area contributed by atoms with E-state index in [-0.39, 0.29) is 17.6 Å². The largest absolute Gasteiger partial charge is 0.459 e. The molecular formula is C18H19N3O3. The Balaban J connectivity index is 1.38. The standard InChI is InChI=1S/C18H19N3O3/c22-17(19-9-10-20-18(23)16-6-3-13-24-16)8-12-21-11-7-14-4-1-2-5-15(14)21/h1-7,11,13H,8-10,12H2,(H,19,22)(H,20,23). The molecule has 0 spiro atoms. The molecule has 6 nitrogen and oxygen atoms in total. The van der Waals surface area contributed by atoms with Crippen molar-refractivity contribution in [2.75, 3.05) is 13.1 Å². The molecule has 1 aromatic carbocycles. The monoisotopic (exact) mass is 325 g/mol. The van der Waals surface area contributed by atoms with Gasteiger partial charge < -0.3 is 19.6 Å². The van der Waals surface area contributed by atoms with Gasteiger partial charge in [0.05, 0.1) is 6.26 Å². The predicted molar refractivity (Wildman–Crippen MR) is 90.6 cm³/mol. The van der Waals surface area contributed by atoms with Crippen molar-refractivity contribution in [2.45, 2.75) is 13.0 Å². The van der Waals surface area contributed by atoms with Crippen LogP contribution in [0, 0.1) is 0 Å². The van der Waals surface area contributed by atoms with Crippen molar-refractivity contribution >= 4 is 22.7 Å². The van der Waals surface area contributed by atoms with E-state index in [1.807, 2.05) is 36.5 Å². The van der Waals surface area contributed by atoms with Crippen LogP contribution in [0.4, 0.5) is 0 Å². The Morgan fingerprint density at radius 2 is 1.83 bits per heavy atom. The first kappa shape index (κ1) is 15.9. The Kier molecular flexibility index (Phi) is 4.96. The fraction of sp³-hybridized carbons (Fsp3) is 0.222. The molecule has 0 bridgehead atoms. The molecule has 3 aromatic rings. The molecule has 24 heavy (non-hydrogen) atoms. The number of benzene rings is 1. The zero-order valence-corrected chi connectivity index (χ0v) is 13.2. The van der Waals surface area contributed by atoms with Crippen LogP contribution in [0.25, 0.3) is 10.9 Å². The summed E-state index contributed by atoms with van der Waals surface area (Å²) in [6, 6.07) is 13.4. The van der Waals surface area contributed by atoms with E-state index >= 15 is 0 Å². The molecule has 0 aliphatic carbocycles. The van der Waals surface area contributed by atoms with Crippen LogP contribution in [0.2, 0.25) is 0 Å². The summed E-state index contributed by atoms with van der Waals surface area (Å²) in [7, 11) is 0. The van der Waals surface area contributed by atoms with Crippen LogP contribution >= 0.6 is 0 Å². The van der Waals surface area contributed by atoms with Crippen LogP contribution in [0.5, 0.6) is 0 Å². The molecular weight excluding hydrogens is 306 g/mol. The predicted octanol–water partition coefficient (Wildman–Crippen LogP) is 2.17. The zero-order chi connectivity index (χ0) is 16.8. The van der Waals surface area contributed by atoms with Gasteiger partial charge in [0, 0.05) is 37.8 Å². The van der Waals surface area contributed by atoms with Crippen molar-refractivity contribution in [2.24, 2.45) is 0 Å². The number of nitrogens with one attached hydrogen (secondary N) is 2. The highest BCUT2D eigenvalue weighted by molar-refractivity contribution is 5.91. The van der Waals surface area contributed by atoms with Gasteiger partial charge >= 0.3 is 0 Å². The third-order valence-corrected chi connectivity index (χ3v) is 3.74. The summed E-state index contributed by atoms with van der Waals surface area (Å²) in [5.41, 5.74) is 1.12. The Morgan fingerprint density at radius 3 is 2.67 bits per heavy atom. The van der Waals surface area contributed by atoms with Gasteiger partial charge in [-0.2, -0.15) is 0 Å². The van der Waals surface area contributed by atoms with Crippen molar-refractivity contribution < 1.29 is 14.0 Å². The van der Waals surface area contributed by atoms with Crippen LogP contribution in [0.3, 0.4) is 0 Å². The van der Waals surface area contributed by atoms with Gasteiger partial charge in [0.15, 0.2) is 5.76 Å². The van der Waals surface area contributed by atoms with Crippen molar-refractivity contribution in [3.8, 4) is 0 Å². The van der Waals surface area contributed by atoms with Gasteiger partial charge in [-0.1, -0.05) is 18.2 Å². The highest BCUT2D eigenvalue weighted by atomic mass is 16.3. The molecule has 0 radical (unpaired) electrons. The molecule has 2 amide bonds. The zero-order valence-electron chi connectivity index (χ0n) is 13.2. The quantitative estimate of drug-likeness (QED) is 0.654. The first-order valence-electron chi connectivity index (χ1n) is 7.86. The Hall–Kier alpha value is -3.02. The summed E-state index contributed by atoms with van der Waals surface area (Å²) in [6.07, 6.45) is 3.83. The van der Waals surface area contributed by atoms with Gasteiger partial charge in [0.1, 0.15) is 0 Å². The number of carbonyl (C=O) groups excluding carboxylic acids is 2. The van der Waals surface area contributed by atoms with Crippen LogP contribution in [-0.2, 0) is 11.3 Å². The van der Waals surface area contributed by atoms with E-state index in [9.17, 15) is 9.59 Å². The molecule has 6 heteroatoms. The van der Waals surface area contributed by atoms with Crippen LogP contribution < -0.4 is 10.6 Å². The molecule has 0 unspecified atom stereocenters. The molecule has 2 heterocycles. The third-order valence-electron chi connectivity index (χ3n) is 3.74. The van der Waals surface area contributed by atoms with E-state index < -0.39 is 0 Å². The molecule has 0 fully saturated rings. The number of amides is 2. The average Bonchev–Trinajstić information content (AvgIpc) is 3.26. The third kappa shape index (κ3) is 3.84. The van der Waals surface area contributed by atoms with Crippen LogP contribution in [-0.4, -0.2) is 29.5 Å². The normalized spacial score (nSPS) is 10.7. The lowest BCUT2D eigenvalue weighted by Gasteiger charge is -2.08. The molecule has 124 valence electrons. The summed E-state index contributed by atoms with van der Waals surface area (Å²) in [4.78, 5) is 23.5. The number of aromatic nitrogens is 1. The van der Waals surface area contributed by atoms with Crippen molar-refractivity contribution in [1.29, 1.82) is 0 Å². The molecule has 3 rings (SSSR count). The van der Waals surface area contributed by atoms with E-state index in [4.69, 9.17) is 4.42 Å². The lowest BCUT2D eigenvalue weighted by Crippen LogP contribution is -2.34. The maximum Gasteiger partial charge on any atom is 0.287 e. The fourth-order valence-corrected chi connectivity index (χ4v) is 2.52. The number of furan rings is 1. The molecule has 0 aliphatic rings. The van der Waals surface area contributed by atoms with Crippen LogP contribution in [0.1, 0.15) is 17.0 Å². The number of rotatable bonds is 7. The van der Waals surface area contributed by atoms with Gasteiger partial charge in [-0.05, 0) is 29.7 Å².